The molecule has 0 aliphatic heterocycles. The molecule has 0 amide bonds. The number of rotatable bonds is 3. The second-order valence-corrected chi connectivity index (χ2v) is 5.63. The third kappa shape index (κ3) is 2.17. The molecule has 0 aromatic carbocycles. The molecule has 0 fully saturated rings. The number of thiophene rings is 1. The van der Waals surface area contributed by atoms with E-state index in [2.05, 4.69) is 23.8 Å². The summed E-state index contributed by atoms with van der Waals surface area (Å²) in [4.78, 5) is 11.1. The first kappa shape index (κ1) is 12.1. The van der Waals surface area contributed by atoms with Crippen molar-refractivity contribution in [2.75, 3.05) is 5.88 Å². The molecule has 0 aliphatic carbocycles. The summed E-state index contributed by atoms with van der Waals surface area (Å²) in [6.45, 7) is 4.14. The zero-order chi connectivity index (χ0) is 11.7. The third-order valence-corrected chi connectivity index (χ3v) is 4.21. The van der Waals surface area contributed by atoms with Crippen LogP contribution < -0.4 is 0 Å². The first-order valence-corrected chi connectivity index (χ1v) is 6.84. The van der Waals surface area contributed by atoms with Gasteiger partial charge in [-0.15, -0.1) is 22.9 Å². The van der Waals surface area contributed by atoms with E-state index in [1.807, 2.05) is 0 Å². The highest BCUT2D eigenvalue weighted by molar-refractivity contribution is 7.18. The van der Waals surface area contributed by atoms with Gasteiger partial charge in [0.25, 0.3) is 0 Å². The van der Waals surface area contributed by atoms with Crippen LogP contribution in [0.4, 0.5) is 0 Å². The molecule has 2 aromatic heterocycles. The van der Waals surface area contributed by atoms with Gasteiger partial charge in [0, 0.05) is 17.2 Å². The molecule has 0 saturated carbocycles. The largest absolute Gasteiger partial charge is 0.222 e. The van der Waals surface area contributed by atoms with Crippen LogP contribution in [0.25, 0.3) is 10.2 Å². The Labute approximate surface area is 109 Å². The summed E-state index contributed by atoms with van der Waals surface area (Å²) in [5.74, 6) is 1.42. The van der Waals surface area contributed by atoms with E-state index in [-0.39, 0.29) is 0 Å². The van der Waals surface area contributed by atoms with Crippen LogP contribution in [0.5, 0.6) is 0 Å². The number of hydrogen-bond acceptors (Lipinski definition) is 3. The molecule has 0 aliphatic rings. The van der Waals surface area contributed by atoms with Gasteiger partial charge >= 0.3 is 0 Å². The molecule has 0 radical (unpaired) electrons. The van der Waals surface area contributed by atoms with Gasteiger partial charge in [-0.25, -0.2) is 9.97 Å². The van der Waals surface area contributed by atoms with E-state index >= 15 is 0 Å². The van der Waals surface area contributed by atoms with E-state index in [4.69, 9.17) is 23.2 Å². The summed E-state index contributed by atoms with van der Waals surface area (Å²) in [5, 5.41) is 1.57. The lowest BCUT2D eigenvalue weighted by atomic mass is 10.2. The van der Waals surface area contributed by atoms with Gasteiger partial charge in [0.05, 0.1) is 5.39 Å². The molecule has 86 valence electrons. The second kappa shape index (κ2) is 4.86. The van der Waals surface area contributed by atoms with Gasteiger partial charge < -0.3 is 0 Å². The van der Waals surface area contributed by atoms with Gasteiger partial charge in [-0.2, -0.15) is 0 Å². The fourth-order valence-electron chi connectivity index (χ4n) is 1.58. The third-order valence-electron chi connectivity index (χ3n) is 2.56. The molecule has 0 bridgehead atoms. The highest BCUT2D eigenvalue weighted by atomic mass is 35.5. The normalized spacial score (nSPS) is 11.2. The molecule has 5 heteroatoms. The monoisotopic (exact) mass is 274 g/mol. The molecule has 2 heterocycles. The van der Waals surface area contributed by atoms with Crippen molar-refractivity contribution in [3.63, 3.8) is 0 Å². The Balaban J connectivity index is 2.51. The maximum atomic E-state index is 6.18. The predicted octanol–water partition coefficient (Wildman–Crippen LogP) is 4.13. The molecule has 2 aromatic rings. The van der Waals surface area contributed by atoms with Gasteiger partial charge in [-0.1, -0.05) is 11.6 Å². The summed E-state index contributed by atoms with van der Waals surface area (Å²) in [6.07, 6.45) is 1.67. The van der Waals surface area contributed by atoms with Crippen molar-refractivity contribution >= 4 is 44.8 Å². The molecular weight excluding hydrogens is 263 g/mol. The van der Waals surface area contributed by atoms with E-state index in [1.54, 1.807) is 11.3 Å². The zero-order valence-corrected chi connectivity index (χ0v) is 11.5. The van der Waals surface area contributed by atoms with Crippen molar-refractivity contribution in [1.82, 2.24) is 9.97 Å². The predicted molar refractivity (Wildman–Crippen MR) is 70.9 cm³/mol. The molecule has 2 nitrogen and oxygen atoms in total. The second-order valence-electron chi connectivity index (χ2n) is 3.69. The van der Waals surface area contributed by atoms with Crippen LogP contribution >= 0.6 is 34.5 Å². The number of hydrogen-bond donors (Lipinski definition) is 0. The van der Waals surface area contributed by atoms with E-state index in [0.717, 1.165) is 28.9 Å². The standard InChI is InChI=1S/C11H12Cl2N2S/c1-6-7(2)16-11-9(6)10(13)14-8(15-11)4-3-5-12/h3-5H2,1-2H3. The number of alkyl halides is 1. The average molecular weight is 275 g/mol. The quantitative estimate of drug-likeness (QED) is 0.621. The molecule has 0 unspecified atom stereocenters. The smallest absolute Gasteiger partial charge is 0.141 e. The Hall–Kier alpha value is -0.380. The Morgan fingerprint density at radius 1 is 1.25 bits per heavy atom. The number of aryl methyl sites for hydroxylation is 3. The van der Waals surface area contributed by atoms with Gasteiger partial charge in [0.1, 0.15) is 15.8 Å². The summed E-state index contributed by atoms with van der Waals surface area (Å²) in [7, 11) is 0. The fourth-order valence-corrected chi connectivity index (χ4v) is 3.15. The molecule has 0 spiro atoms. The van der Waals surface area contributed by atoms with Crippen molar-refractivity contribution in [2.24, 2.45) is 0 Å². The van der Waals surface area contributed by atoms with E-state index < -0.39 is 0 Å². The van der Waals surface area contributed by atoms with E-state index in [9.17, 15) is 0 Å². The van der Waals surface area contributed by atoms with Crippen molar-refractivity contribution in [3.8, 4) is 0 Å². The molecule has 0 saturated heterocycles. The van der Waals surface area contributed by atoms with Crippen LogP contribution in [-0.2, 0) is 6.42 Å². The first-order valence-electron chi connectivity index (χ1n) is 5.11. The Morgan fingerprint density at radius 2 is 2.00 bits per heavy atom. The zero-order valence-electron chi connectivity index (χ0n) is 9.18. The Bertz CT molecular complexity index is 522. The van der Waals surface area contributed by atoms with E-state index in [0.29, 0.717) is 11.0 Å². The summed E-state index contributed by atoms with van der Waals surface area (Å²) in [5.41, 5.74) is 1.19. The summed E-state index contributed by atoms with van der Waals surface area (Å²) >= 11 is 13.5. The number of nitrogens with zero attached hydrogens (tertiary/aromatic N) is 2. The molecular formula is C11H12Cl2N2S. The highest BCUT2D eigenvalue weighted by Gasteiger charge is 2.12. The molecule has 0 N–H and O–H groups in total. The minimum Gasteiger partial charge on any atom is -0.222 e. The molecule has 2 rings (SSSR count). The van der Waals surface area contributed by atoms with Crippen molar-refractivity contribution in [2.45, 2.75) is 26.7 Å². The minimum atomic E-state index is 0.566. The van der Waals surface area contributed by atoms with Crippen molar-refractivity contribution < 1.29 is 0 Å². The minimum absolute atomic E-state index is 0.566. The van der Waals surface area contributed by atoms with Gasteiger partial charge in [-0.05, 0) is 25.8 Å². The maximum Gasteiger partial charge on any atom is 0.141 e. The number of fused-ring (bicyclic) bond motifs is 1. The van der Waals surface area contributed by atoms with Gasteiger partial charge in [0.2, 0.25) is 0 Å². The Kier molecular flexibility index (Phi) is 3.67. The maximum absolute atomic E-state index is 6.18. The van der Waals surface area contributed by atoms with Crippen LogP contribution in [-0.4, -0.2) is 15.8 Å². The number of halogens is 2. The van der Waals surface area contributed by atoms with Crippen LogP contribution in [0, 0.1) is 13.8 Å². The van der Waals surface area contributed by atoms with Crippen LogP contribution in [0.2, 0.25) is 5.15 Å². The Morgan fingerprint density at radius 3 is 2.69 bits per heavy atom. The summed E-state index contributed by atoms with van der Waals surface area (Å²) in [6, 6.07) is 0. The first-order chi connectivity index (χ1) is 7.63. The average Bonchev–Trinajstić information content (AvgIpc) is 2.52. The van der Waals surface area contributed by atoms with Gasteiger partial charge in [0.15, 0.2) is 0 Å². The molecule has 0 atom stereocenters. The highest BCUT2D eigenvalue weighted by Crippen LogP contribution is 2.32. The fraction of sp³-hybridized carbons (Fsp3) is 0.455. The van der Waals surface area contributed by atoms with Crippen LogP contribution in [0.15, 0.2) is 0 Å². The van der Waals surface area contributed by atoms with Crippen LogP contribution in [0.3, 0.4) is 0 Å². The lowest BCUT2D eigenvalue weighted by Crippen LogP contribution is -1.96. The summed E-state index contributed by atoms with van der Waals surface area (Å²) < 4.78 is 0. The van der Waals surface area contributed by atoms with Gasteiger partial charge in [-0.3, -0.25) is 0 Å². The number of aromatic nitrogens is 2. The van der Waals surface area contributed by atoms with Crippen molar-refractivity contribution in [3.05, 3.63) is 21.4 Å². The van der Waals surface area contributed by atoms with E-state index in [1.165, 1.54) is 10.4 Å². The topological polar surface area (TPSA) is 25.8 Å². The lowest BCUT2D eigenvalue weighted by molar-refractivity contribution is 0.850. The molecule has 16 heavy (non-hydrogen) atoms. The lowest BCUT2D eigenvalue weighted by Gasteiger charge is -2.00. The van der Waals surface area contributed by atoms with Crippen molar-refractivity contribution in [1.29, 1.82) is 0 Å². The SMILES string of the molecule is Cc1sc2nc(CCCCl)nc(Cl)c2c1C. The van der Waals surface area contributed by atoms with Crippen LogP contribution in [0.1, 0.15) is 22.7 Å².